The Morgan fingerprint density at radius 1 is 1.44 bits per heavy atom. The first-order valence-corrected chi connectivity index (χ1v) is 7.16. The van der Waals surface area contributed by atoms with Crippen molar-refractivity contribution < 1.29 is 13.2 Å². The smallest absolute Gasteiger partial charge is 0.225 e. The summed E-state index contributed by atoms with van der Waals surface area (Å²) in [4.78, 5) is 8.05. The Hall–Kier alpha value is -1.41. The van der Waals surface area contributed by atoms with Crippen LogP contribution in [0.1, 0.15) is 6.92 Å². The molecule has 1 aromatic rings. The molecule has 0 aliphatic carbocycles. The van der Waals surface area contributed by atoms with Crippen LogP contribution in [0, 0.1) is 0 Å². The van der Waals surface area contributed by atoms with E-state index in [2.05, 4.69) is 15.3 Å². The van der Waals surface area contributed by atoms with Crippen LogP contribution in [0.5, 0.6) is 5.88 Å². The van der Waals surface area contributed by atoms with Crippen LogP contribution in [0.25, 0.3) is 0 Å². The van der Waals surface area contributed by atoms with Gasteiger partial charge in [0.2, 0.25) is 21.9 Å². The highest BCUT2D eigenvalue weighted by Gasteiger charge is 2.12. The van der Waals surface area contributed by atoms with E-state index in [4.69, 9.17) is 4.74 Å². The average Bonchev–Trinajstić information content (AvgIpc) is 2.29. The van der Waals surface area contributed by atoms with Gasteiger partial charge in [0.25, 0.3) is 0 Å². The highest BCUT2D eigenvalue weighted by atomic mass is 32.2. The lowest BCUT2D eigenvalue weighted by Crippen LogP contribution is -2.28. The molecule has 0 saturated heterocycles. The van der Waals surface area contributed by atoms with E-state index in [-0.39, 0.29) is 12.3 Å². The SMILES string of the molecule is CCOc1ccnc(NCCS(=O)(=O)N(C)C)n1. The van der Waals surface area contributed by atoms with E-state index in [0.29, 0.717) is 18.4 Å². The molecule has 0 fully saturated rings. The lowest BCUT2D eigenvalue weighted by molar-refractivity contribution is 0.326. The molecule has 18 heavy (non-hydrogen) atoms. The van der Waals surface area contributed by atoms with Crippen molar-refractivity contribution in [3.63, 3.8) is 0 Å². The number of sulfonamides is 1. The molecular formula is C10H18N4O3S. The first-order chi connectivity index (χ1) is 8.45. The van der Waals surface area contributed by atoms with E-state index in [1.54, 1.807) is 12.3 Å². The predicted octanol–water partition coefficient (Wildman–Crippen LogP) is 0.179. The number of nitrogens with zero attached hydrogens (tertiary/aromatic N) is 3. The zero-order valence-electron chi connectivity index (χ0n) is 10.8. The Morgan fingerprint density at radius 3 is 2.78 bits per heavy atom. The Bertz CT molecular complexity index is 476. The van der Waals surface area contributed by atoms with Crippen LogP contribution >= 0.6 is 0 Å². The first kappa shape index (κ1) is 14.7. The number of rotatable bonds is 7. The summed E-state index contributed by atoms with van der Waals surface area (Å²) in [6.07, 6.45) is 1.56. The second-order valence-electron chi connectivity index (χ2n) is 3.68. The average molecular weight is 274 g/mol. The van der Waals surface area contributed by atoms with Gasteiger partial charge in [-0.15, -0.1) is 0 Å². The molecule has 102 valence electrons. The molecule has 8 heteroatoms. The molecule has 0 aliphatic heterocycles. The quantitative estimate of drug-likeness (QED) is 0.763. The Labute approximate surface area is 107 Å². The van der Waals surface area contributed by atoms with Crippen LogP contribution in [0.3, 0.4) is 0 Å². The summed E-state index contributed by atoms with van der Waals surface area (Å²) >= 11 is 0. The van der Waals surface area contributed by atoms with Crippen molar-refractivity contribution >= 4 is 16.0 Å². The zero-order chi connectivity index (χ0) is 13.6. The predicted molar refractivity (Wildman–Crippen MR) is 69.2 cm³/mol. The molecule has 0 spiro atoms. The zero-order valence-corrected chi connectivity index (χ0v) is 11.6. The number of nitrogens with one attached hydrogen (secondary N) is 1. The maximum atomic E-state index is 11.5. The van der Waals surface area contributed by atoms with Crippen LogP contribution in [0.15, 0.2) is 12.3 Å². The fourth-order valence-corrected chi connectivity index (χ4v) is 1.86. The molecule has 0 radical (unpaired) electrons. The third kappa shape index (κ3) is 4.46. The summed E-state index contributed by atoms with van der Waals surface area (Å²) < 4.78 is 29.4. The lowest BCUT2D eigenvalue weighted by atomic mass is 10.6. The van der Waals surface area contributed by atoms with Crippen LogP contribution in [0.2, 0.25) is 0 Å². The highest BCUT2D eigenvalue weighted by Crippen LogP contribution is 2.07. The van der Waals surface area contributed by atoms with Gasteiger partial charge < -0.3 is 10.1 Å². The molecule has 1 heterocycles. The van der Waals surface area contributed by atoms with E-state index in [1.165, 1.54) is 18.4 Å². The van der Waals surface area contributed by atoms with Crippen molar-refractivity contribution in [1.82, 2.24) is 14.3 Å². The highest BCUT2D eigenvalue weighted by molar-refractivity contribution is 7.89. The molecule has 1 aromatic heterocycles. The van der Waals surface area contributed by atoms with Gasteiger partial charge in [-0.3, -0.25) is 0 Å². The van der Waals surface area contributed by atoms with Crippen molar-refractivity contribution in [2.45, 2.75) is 6.92 Å². The van der Waals surface area contributed by atoms with Gasteiger partial charge in [-0.2, -0.15) is 4.98 Å². The molecule has 0 saturated carbocycles. The van der Waals surface area contributed by atoms with Crippen LogP contribution < -0.4 is 10.1 Å². The maximum Gasteiger partial charge on any atom is 0.225 e. The minimum atomic E-state index is -3.20. The number of aromatic nitrogens is 2. The van der Waals surface area contributed by atoms with Gasteiger partial charge in [0.15, 0.2) is 0 Å². The molecule has 0 bridgehead atoms. The summed E-state index contributed by atoms with van der Waals surface area (Å²) in [6.45, 7) is 2.63. The van der Waals surface area contributed by atoms with Gasteiger partial charge >= 0.3 is 0 Å². The van der Waals surface area contributed by atoms with Gasteiger partial charge in [-0.1, -0.05) is 0 Å². The van der Waals surface area contributed by atoms with Crippen LogP contribution in [-0.4, -0.2) is 55.7 Å². The summed E-state index contributed by atoms with van der Waals surface area (Å²) in [5.41, 5.74) is 0. The van der Waals surface area contributed by atoms with Gasteiger partial charge in [0.1, 0.15) is 0 Å². The largest absolute Gasteiger partial charge is 0.478 e. The Balaban J connectivity index is 2.51. The lowest BCUT2D eigenvalue weighted by Gasteiger charge is -2.11. The van der Waals surface area contributed by atoms with Crippen molar-refractivity contribution in [2.24, 2.45) is 0 Å². The van der Waals surface area contributed by atoms with Gasteiger partial charge in [-0.25, -0.2) is 17.7 Å². The van der Waals surface area contributed by atoms with Crippen LogP contribution in [-0.2, 0) is 10.0 Å². The molecule has 0 amide bonds. The number of hydrogen-bond acceptors (Lipinski definition) is 6. The molecule has 7 nitrogen and oxygen atoms in total. The van der Waals surface area contributed by atoms with Crippen molar-refractivity contribution in [2.75, 3.05) is 38.3 Å². The van der Waals surface area contributed by atoms with Gasteiger partial charge in [0, 0.05) is 32.9 Å². The minimum absolute atomic E-state index is 0.0117. The normalized spacial score (nSPS) is 11.6. The molecule has 0 atom stereocenters. The second kappa shape index (κ2) is 6.50. The van der Waals surface area contributed by atoms with Gasteiger partial charge in [-0.05, 0) is 6.92 Å². The Morgan fingerprint density at radius 2 is 2.17 bits per heavy atom. The van der Waals surface area contributed by atoms with E-state index >= 15 is 0 Å². The molecule has 1 N–H and O–H groups in total. The fourth-order valence-electron chi connectivity index (χ4n) is 1.13. The third-order valence-electron chi connectivity index (χ3n) is 2.12. The summed E-state index contributed by atoms with van der Waals surface area (Å²) in [6, 6.07) is 1.64. The fraction of sp³-hybridized carbons (Fsp3) is 0.600. The molecule has 0 unspecified atom stereocenters. The summed E-state index contributed by atoms with van der Waals surface area (Å²) in [5, 5.41) is 2.85. The molecule has 0 aliphatic rings. The van der Waals surface area contributed by atoms with Crippen molar-refractivity contribution in [1.29, 1.82) is 0 Å². The molecule has 1 rings (SSSR count). The number of anilines is 1. The third-order valence-corrected chi connectivity index (χ3v) is 3.95. The Kier molecular flexibility index (Phi) is 5.29. The molecular weight excluding hydrogens is 256 g/mol. The summed E-state index contributed by atoms with van der Waals surface area (Å²) in [7, 11) is -0.202. The topological polar surface area (TPSA) is 84.4 Å². The summed E-state index contributed by atoms with van der Waals surface area (Å²) in [5.74, 6) is 0.808. The van der Waals surface area contributed by atoms with Crippen molar-refractivity contribution in [3.8, 4) is 5.88 Å². The van der Waals surface area contributed by atoms with E-state index in [0.717, 1.165) is 0 Å². The standard InChI is InChI=1S/C10H18N4O3S/c1-4-17-9-5-6-11-10(13-9)12-7-8-18(15,16)14(2)3/h5-6H,4,7-8H2,1-3H3,(H,11,12,13). The first-order valence-electron chi connectivity index (χ1n) is 5.55. The minimum Gasteiger partial charge on any atom is -0.478 e. The van der Waals surface area contributed by atoms with E-state index in [1.807, 2.05) is 6.92 Å². The number of ether oxygens (including phenoxy) is 1. The van der Waals surface area contributed by atoms with E-state index in [9.17, 15) is 8.42 Å². The monoisotopic (exact) mass is 274 g/mol. The van der Waals surface area contributed by atoms with Crippen LogP contribution in [0.4, 0.5) is 5.95 Å². The number of hydrogen-bond donors (Lipinski definition) is 1. The van der Waals surface area contributed by atoms with Gasteiger partial charge in [0.05, 0.1) is 12.4 Å². The second-order valence-corrected chi connectivity index (χ2v) is 5.98. The maximum absolute atomic E-state index is 11.5. The molecule has 0 aromatic carbocycles. The van der Waals surface area contributed by atoms with E-state index < -0.39 is 10.0 Å². The van der Waals surface area contributed by atoms with Crippen molar-refractivity contribution in [3.05, 3.63) is 12.3 Å².